The standard InChI is InChI=1S/C19H18O5/c1-10-16(20)11(2)19-15(17(10)21)18(22)13(9-24-19)8-12-4-6-14(23-3)7-5-12/h4-7,9,20-21H,8H2,1-3H3. The number of phenolic OH excluding ortho intramolecular Hbond substituents is 2. The minimum atomic E-state index is -0.296. The molecule has 0 aliphatic carbocycles. The molecule has 2 N–H and O–H groups in total. The summed E-state index contributed by atoms with van der Waals surface area (Å²) >= 11 is 0. The van der Waals surface area contributed by atoms with Crippen molar-refractivity contribution in [1.82, 2.24) is 0 Å². The number of rotatable bonds is 3. The first kappa shape index (κ1) is 15.9. The topological polar surface area (TPSA) is 79.9 Å². The number of aryl methyl sites for hydroxylation is 1. The van der Waals surface area contributed by atoms with Crippen molar-refractivity contribution < 1.29 is 19.4 Å². The summed E-state index contributed by atoms with van der Waals surface area (Å²) in [6.07, 6.45) is 1.76. The molecule has 5 heteroatoms. The maximum absolute atomic E-state index is 12.8. The van der Waals surface area contributed by atoms with Crippen molar-refractivity contribution >= 4 is 11.0 Å². The Morgan fingerprint density at radius 3 is 2.33 bits per heavy atom. The van der Waals surface area contributed by atoms with Gasteiger partial charge in [0, 0.05) is 23.1 Å². The molecule has 2 aromatic carbocycles. The van der Waals surface area contributed by atoms with Crippen LogP contribution >= 0.6 is 0 Å². The Morgan fingerprint density at radius 2 is 1.71 bits per heavy atom. The quantitative estimate of drug-likeness (QED) is 0.771. The minimum absolute atomic E-state index is 0.0638. The lowest BCUT2D eigenvalue weighted by Gasteiger charge is -2.11. The summed E-state index contributed by atoms with van der Waals surface area (Å²) in [5, 5.41) is 20.4. The molecule has 1 aromatic heterocycles. The van der Waals surface area contributed by atoms with E-state index in [9.17, 15) is 15.0 Å². The van der Waals surface area contributed by atoms with Gasteiger partial charge in [0.2, 0.25) is 0 Å². The molecule has 0 atom stereocenters. The predicted molar refractivity (Wildman–Crippen MR) is 91.1 cm³/mol. The maximum Gasteiger partial charge on any atom is 0.199 e. The van der Waals surface area contributed by atoms with Gasteiger partial charge in [-0.05, 0) is 31.5 Å². The van der Waals surface area contributed by atoms with Gasteiger partial charge < -0.3 is 19.4 Å². The summed E-state index contributed by atoms with van der Waals surface area (Å²) in [5.74, 6) is 0.438. The molecule has 0 aliphatic heterocycles. The Kier molecular flexibility index (Phi) is 3.93. The molecular weight excluding hydrogens is 308 g/mol. The molecule has 1 heterocycles. The molecule has 0 saturated heterocycles. The summed E-state index contributed by atoms with van der Waals surface area (Å²) in [5.41, 5.74) is 1.98. The average Bonchev–Trinajstić information content (AvgIpc) is 2.60. The Hall–Kier alpha value is -2.95. The van der Waals surface area contributed by atoms with E-state index in [-0.39, 0.29) is 33.5 Å². The van der Waals surface area contributed by atoms with Gasteiger partial charge in [0.1, 0.15) is 28.2 Å². The van der Waals surface area contributed by atoms with E-state index < -0.39 is 0 Å². The number of hydrogen-bond donors (Lipinski definition) is 2. The van der Waals surface area contributed by atoms with Crippen molar-refractivity contribution in [2.75, 3.05) is 7.11 Å². The molecule has 0 fully saturated rings. The molecule has 3 aromatic rings. The van der Waals surface area contributed by atoms with E-state index in [1.165, 1.54) is 6.26 Å². The summed E-state index contributed by atoms with van der Waals surface area (Å²) in [6, 6.07) is 7.38. The maximum atomic E-state index is 12.8. The Bertz CT molecular complexity index is 968. The number of aromatic hydroxyl groups is 2. The third-order valence-corrected chi connectivity index (χ3v) is 4.26. The van der Waals surface area contributed by atoms with Gasteiger partial charge in [-0.25, -0.2) is 0 Å². The lowest BCUT2D eigenvalue weighted by molar-refractivity contribution is 0.414. The molecule has 5 nitrogen and oxygen atoms in total. The van der Waals surface area contributed by atoms with E-state index in [1.807, 2.05) is 24.3 Å². The lowest BCUT2D eigenvalue weighted by atomic mass is 10.0. The predicted octanol–water partition coefficient (Wildman–Crippen LogP) is 3.42. The molecule has 0 bridgehead atoms. The molecule has 124 valence electrons. The second-order valence-corrected chi connectivity index (χ2v) is 5.77. The minimum Gasteiger partial charge on any atom is -0.507 e. The van der Waals surface area contributed by atoms with E-state index in [1.54, 1.807) is 21.0 Å². The summed E-state index contributed by atoms with van der Waals surface area (Å²) < 4.78 is 10.7. The van der Waals surface area contributed by atoms with Gasteiger partial charge in [-0.2, -0.15) is 0 Å². The molecule has 0 radical (unpaired) electrons. The van der Waals surface area contributed by atoms with Crippen molar-refractivity contribution in [3.05, 3.63) is 63.0 Å². The zero-order valence-corrected chi connectivity index (χ0v) is 13.7. The van der Waals surface area contributed by atoms with E-state index in [0.717, 1.165) is 11.3 Å². The van der Waals surface area contributed by atoms with Gasteiger partial charge in [0.15, 0.2) is 5.43 Å². The second kappa shape index (κ2) is 5.92. The summed E-state index contributed by atoms with van der Waals surface area (Å²) in [6.45, 7) is 3.21. The highest BCUT2D eigenvalue weighted by atomic mass is 16.5. The van der Waals surface area contributed by atoms with Gasteiger partial charge in [-0.15, -0.1) is 0 Å². The van der Waals surface area contributed by atoms with Crippen molar-refractivity contribution in [3.8, 4) is 17.2 Å². The van der Waals surface area contributed by atoms with Crippen LogP contribution in [0.25, 0.3) is 11.0 Å². The van der Waals surface area contributed by atoms with E-state index in [0.29, 0.717) is 17.5 Å². The van der Waals surface area contributed by atoms with Crippen LogP contribution in [0.15, 0.2) is 39.7 Å². The van der Waals surface area contributed by atoms with Crippen LogP contribution in [0.2, 0.25) is 0 Å². The molecule has 0 unspecified atom stereocenters. The Labute approximate surface area is 138 Å². The zero-order valence-electron chi connectivity index (χ0n) is 13.7. The number of fused-ring (bicyclic) bond motifs is 1. The molecule has 0 aliphatic rings. The first-order valence-electron chi connectivity index (χ1n) is 7.52. The van der Waals surface area contributed by atoms with Crippen molar-refractivity contribution in [2.24, 2.45) is 0 Å². The number of ether oxygens (including phenoxy) is 1. The van der Waals surface area contributed by atoms with Gasteiger partial charge >= 0.3 is 0 Å². The largest absolute Gasteiger partial charge is 0.507 e. The SMILES string of the molecule is COc1ccc(Cc2coc3c(C)c(O)c(C)c(O)c3c2=O)cc1. The lowest BCUT2D eigenvalue weighted by Crippen LogP contribution is -2.10. The summed E-state index contributed by atoms with van der Waals surface area (Å²) in [7, 11) is 1.59. The van der Waals surface area contributed by atoms with Gasteiger partial charge in [0.25, 0.3) is 0 Å². The molecule has 24 heavy (non-hydrogen) atoms. The highest BCUT2D eigenvalue weighted by Gasteiger charge is 2.19. The van der Waals surface area contributed by atoms with Crippen LogP contribution < -0.4 is 10.2 Å². The number of methoxy groups -OCH3 is 1. The highest BCUT2D eigenvalue weighted by Crippen LogP contribution is 2.37. The fourth-order valence-corrected chi connectivity index (χ4v) is 2.77. The van der Waals surface area contributed by atoms with E-state index in [4.69, 9.17) is 9.15 Å². The molecule has 0 saturated carbocycles. The van der Waals surface area contributed by atoms with E-state index in [2.05, 4.69) is 0 Å². The van der Waals surface area contributed by atoms with Gasteiger partial charge in [-0.1, -0.05) is 12.1 Å². The van der Waals surface area contributed by atoms with Crippen molar-refractivity contribution in [1.29, 1.82) is 0 Å². The van der Waals surface area contributed by atoms with Crippen molar-refractivity contribution in [2.45, 2.75) is 20.3 Å². The van der Waals surface area contributed by atoms with E-state index >= 15 is 0 Å². The van der Waals surface area contributed by atoms with Crippen molar-refractivity contribution in [3.63, 3.8) is 0 Å². The monoisotopic (exact) mass is 326 g/mol. The molecule has 0 amide bonds. The first-order valence-corrected chi connectivity index (χ1v) is 7.52. The first-order chi connectivity index (χ1) is 11.4. The normalized spacial score (nSPS) is 11.0. The van der Waals surface area contributed by atoms with Gasteiger partial charge in [0.05, 0.1) is 13.4 Å². The van der Waals surface area contributed by atoms with Crippen LogP contribution in [-0.4, -0.2) is 17.3 Å². The highest BCUT2D eigenvalue weighted by molar-refractivity contribution is 5.90. The van der Waals surface area contributed by atoms with Crippen LogP contribution in [0.5, 0.6) is 17.2 Å². The zero-order chi connectivity index (χ0) is 17.4. The number of hydrogen-bond acceptors (Lipinski definition) is 5. The Morgan fingerprint density at radius 1 is 1.04 bits per heavy atom. The third kappa shape index (κ3) is 2.48. The number of phenols is 2. The van der Waals surface area contributed by atoms with Crippen LogP contribution in [0.3, 0.4) is 0 Å². The van der Waals surface area contributed by atoms with Crippen LogP contribution in [-0.2, 0) is 6.42 Å². The smallest absolute Gasteiger partial charge is 0.199 e. The van der Waals surface area contributed by atoms with Crippen LogP contribution in [0.1, 0.15) is 22.3 Å². The molecule has 0 spiro atoms. The second-order valence-electron chi connectivity index (χ2n) is 5.77. The van der Waals surface area contributed by atoms with Crippen LogP contribution in [0, 0.1) is 13.8 Å². The fourth-order valence-electron chi connectivity index (χ4n) is 2.77. The molecular formula is C19H18O5. The third-order valence-electron chi connectivity index (χ3n) is 4.26. The summed E-state index contributed by atoms with van der Waals surface area (Å²) in [4.78, 5) is 12.8. The fraction of sp³-hybridized carbons (Fsp3) is 0.211. The number of benzene rings is 2. The van der Waals surface area contributed by atoms with Crippen LogP contribution in [0.4, 0.5) is 0 Å². The molecule has 3 rings (SSSR count). The average molecular weight is 326 g/mol. The Balaban J connectivity index is 2.13. The van der Waals surface area contributed by atoms with Gasteiger partial charge in [-0.3, -0.25) is 4.79 Å².